The fourth-order valence-corrected chi connectivity index (χ4v) is 3.52. The van der Waals surface area contributed by atoms with Crippen molar-refractivity contribution < 1.29 is 9.84 Å². The van der Waals surface area contributed by atoms with Gasteiger partial charge in [0.05, 0.1) is 29.5 Å². The van der Waals surface area contributed by atoms with Crippen LogP contribution in [0.1, 0.15) is 38.8 Å². The van der Waals surface area contributed by atoms with Gasteiger partial charge >= 0.3 is 0 Å². The lowest BCUT2D eigenvalue weighted by Crippen LogP contribution is -2.39. The van der Waals surface area contributed by atoms with Crippen LogP contribution in [0.5, 0.6) is 0 Å². The van der Waals surface area contributed by atoms with Crippen molar-refractivity contribution in [2.45, 2.75) is 45.3 Å². The minimum Gasteiger partial charge on any atom is -0.383 e. The van der Waals surface area contributed by atoms with Crippen LogP contribution in [0.4, 0.5) is 0 Å². The molecular weight excluding hydrogens is 296 g/mol. The summed E-state index contributed by atoms with van der Waals surface area (Å²) in [6, 6.07) is 0. The minimum absolute atomic E-state index is 0.125. The van der Waals surface area contributed by atoms with E-state index in [0.717, 1.165) is 29.4 Å². The molecule has 1 fully saturated rings. The molecule has 1 aliphatic rings. The SMILES string of the molecule is COCCn1ncc(Br)c1C1(O)CCCC1(C)C. The maximum atomic E-state index is 11.1. The fraction of sp³-hybridized carbons (Fsp3) is 0.769. The zero-order valence-corrected chi connectivity index (χ0v) is 12.8. The van der Waals surface area contributed by atoms with Crippen LogP contribution in [0.2, 0.25) is 0 Å². The van der Waals surface area contributed by atoms with Gasteiger partial charge in [0.1, 0.15) is 5.60 Å². The zero-order valence-electron chi connectivity index (χ0n) is 11.2. The molecule has 1 aromatic heterocycles. The molecule has 4 nitrogen and oxygen atoms in total. The molecule has 1 unspecified atom stereocenters. The monoisotopic (exact) mass is 316 g/mol. The number of hydrogen-bond donors (Lipinski definition) is 1. The van der Waals surface area contributed by atoms with E-state index in [4.69, 9.17) is 4.74 Å². The van der Waals surface area contributed by atoms with Gasteiger partial charge in [-0.25, -0.2) is 0 Å². The first-order valence-electron chi connectivity index (χ1n) is 6.35. The number of nitrogens with zero attached hydrogens (tertiary/aromatic N) is 2. The number of methoxy groups -OCH3 is 1. The summed E-state index contributed by atoms with van der Waals surface area (Å²) in [4.78, 5) is 0. The summed E-state index contributed by atoms with van der Waals surface area (Å²) in [7, 11) is 1.67. The molecule has 0 radical (unpaired) electrons. The molecule has 18 heavy (non-hydrogen) atoms. The number of hydrogen-bond acceptors (Lipinski definition) is 3. The number of rotatable bonds is 4. The van der Waals surface area contributed by atoms with Gasteiger partial charge in [-0.1, -0.05) is 13.8 Å². The van der Waals surface area contributed by atoms with E-state index in [-0.39, 0.29) is 5.41 Å². The van der Waals surface area contributed by atoms with Crippen LogP contribution in [0.25, 0.3) is 0 Å². The van der Waals surface area contributed by atoms with Crippen molar-refractivity contribution in [3.63, 3.8) is 0 Å². The van der Waals surface area contributed by atoms with E-state index in [1.165, 1.54) is 0 Å². The van der Waals surface area contributed by atoms with Crippen LogP contribution in [0.3, 0.4) is 0 Å². The first-order chi connectivity index (χ1) is 8.42. The third kappa shape index (κ3) is 2.12. The van der Waals surface area contributed by atoms with Crippen LogP contribution in [-0.4, -0.2) is 28.6 Å². The van der Waals surface area contributed by atoms with Crippen LogP contribution < -0.4 is 0 Å². The van der Waals surface area contributed by atoms with Gasteiger partial charge in [-0.05, 0) is 40.6 Å². The number of aliphatic hydroxyl groups is 1. The molecule has 1 N–H and O–H groups in total. The molecule has 2 rings (SSSR count). The molecule has 1 atom stereocenters. The molecule has 1 heterocycles. The van der Waals surface area contributed by atoms with Gasteiger partial charge in [-0.15, -0.1) is 0 Å². The van der Waals surface area contributed by atoms with Crippen molar-refractivity contribution >= 4 is 15.9 Å². The Hall–Kier alpha value is -0.390. The Balaban J connectivity index is 2.40. The van der Waals surface area contributed by atoms with Crippen molar-refractivity contribution in [3.8, 4) is 0 Å². The van der Waals surface area contributed by atoms with Gasteiger partial charge < -0.3 is 9.84 Å². The average Bonchev–Trinajstić information content (AvgIpc) is 2.78. The van der Waals surface area contributed by atoms with Crippen LogP contribution >= 0.6 is 15.9 Å². The van der Waals surface area contributed by atoms with Gasteiger partial charge in [-0.3, -0.25) is 4.68 Å². The Morgan fingerprint density at radius 2 is 2.22 bits per heavy atom. The normalized spacial score (nSPS) is 26.7. The maximum Gasteiger partial charge on any atom is 0.112 e. The molecule has 0 bridgehead atoms. The third-order valence-electron chi connectivity index (χ3n) is 4.15. The van der Waals surface area contributed by atoms with Crippen molar-refractivity contribution in [2.75, 3.05) is 13.7 Å². The van der Waals surface area contributed by atoms with E-state index in [1.807, 2.05) is 4.68 Å². The molecule has 1 saturated carbocycles. The highest BCUT2D eigenvalue weighted by atomic mass is 79.9. The quantitative estimate of drug-likeness (QED) is 0.929. The van der Waals surface area contributed by atoms with Gasteiger partial charge in [-0.2, -0.15) is 5.10 Å². The highest BCUT2D eigenvalue weighted by molar-refractivity contribution is 9.10. The zero-order chi connectivity index (χ0) is 13.4. The summed E-state index contributed by atoms with van der Waals surface area (Å²) in [5.41, 5.74) is -0.0433. The van der Waals surface area contributed by atoms with Crippen molar-refractivity contribution in [2.24, 2.45) is 5.41 Å². The summed E-state index contributed by atoms with van der Waals surface area (Å²) in [6.07, 6.45) is 4.63. The van der Waals surface area contributed by atoms with Crippen LogP contribution in [0.15, 0.2) is 10.7 Å². The number of aromatic nitrogens is 2. The van der Waals surface area contributed by atoms with Crippen LogP contribution in [-0.2, 0) is 16.9 Å². The second kappa shape index (κ2) is 4.94. The average molecular weight is 317 g/mol. The predicted molar refractivity (Wildman–Crippen MR) is 73.3 cm³/mol. The standard InChI is InChI=1S/C13H21BrN2O2/c1-12(2)5-4-6-13(12,17)11-10(14)9-15-16(11)7-8-18-3/h9,17H,4-8H2,1-3H3. The Labute approximate surface area is 116 Å². The van der Waals surface area contributed by atoms with Crippen LogP contribution in [0, 0.1) is 5.41 Å². The molecule has 1 aromatic rings. The Morgan fingerprint density at radius 1 is 1.50 bits per heavy atom. The molecule has 0 aromatic carbocycles. The Bertz CT molecular complexity index is 431. The largest absolute Gasteiger partial charge is 0.383 e. The predicted octanol–water partition coefficient (Wildman–Crippen LogP) is 2.69. The lowest BCUT2D eigenvalue weighted by atomic mass is 9.75. The molecule has 102 valence electrons. The summed E-state index contributed by atoms with van der Waals surface area (Å²) in [5.74, 6) is 0. The highest BCUT2D eigenvalue weighted by Gasteiger charge is 2.51. The summed E-state index contributed by atoms with van der Waals surface area (Å²) in [6.45, 7) is 5.51. The van der Waals surface area contributed by atoms with Crippen molar-refractivity contribution in [3.05, 3.63) is 16.4 Å². The van der Waals surface area contributed by atoms with E-state index in [9.17, 15) is 5.11 Å². The molecule has 0 amide bonds. The molecule has 0 spiro atoms. The van der Waals surface area contributed by atoms with Gasteiger partial charge in [0.2, 0.25) is 0 Å². The second-order valence-electron chi connectivity index (χ2n) is 5.65. The smallest absolute Gasteiger partial charge is 0.112 e. The molecule has 5 heteroatoms. The van der Waals surface area contributed by atoms with Gasteiger partial charge in [0.25, 0.3) is 0 Å². The lowest BCUT2D eigenvalue weighted by molar-refractivity contribution is -0.0568. The fourth-order valence-electron chi connectivity index (χ4n) is 2.89. The topological polar surface area (TPSA) is 47.3 Å². The van der Waals surface area contributed by atoms with E-state index in [0.29, 0.717) is 13.2 Å². The molecular formula is C13H21BrN2O2. The molecule has 0 aliphatic heterocycles. The van der Waals surface area contributed by atoms with E-state index in [2.05, 4.69) is 34.9 Å². The number of halogens is 1. The van der Waals surface area contributed by atoms with Crippen molar-refractivity contribution in [1.82, 2.24) is 9.78 Å². The van der Waals surface area contributed by atoms with Gasteiger partial charge in [0, 0.05) is 7.11 Å². The first kappa shape index (κ1) is 14.0. The summed E-state index contributed by atoms with van der Waals surface area (Å²) in [5, 5.41) is 15.4. The molecule has 1 aliphatic carbocycles. The van der Waals surface area contributed by atoms with E-state index < -0.39 is 5.60 Å². The second-order valence-corrected chi connectivity index (χ2v) is 6.51. The lowest BCUT2D eigenvalue weighted by Gasteiger charge is -2.37. The third-order valence-corrected chi connectivity index (χ3v) is 4.73. The summed E-state index contributed by atoms with van der Waals surface area (Å²) >= 11 is 3.52. The number of ether oxygens (including phenoxy) is 1. The maximum absolute atomic E-state index is 11.1. The highest BCUT2D eigenvalue weighted by Crippen LogP contribution is 2.53. The van der Waals surface area contributed by atoms with Crippen molar-refractivity contribution in [1.29, 1.82) is 0 Å². The van der Waals surface area contributed by atoms with E-state index in [1.54, 1.807) is 13.3 Å². The van der Waals surface area contributed by atoms with E-state index >= 15 is 0 Å². The summed E-state index contributed by atoms with van der Waals surface area (Å²) < 4.78 is 7.85. The first-order valence-corrected chi connectivity index (χ1v) is 7.15. The Morgan fingerprint density at radius 3 is 2.78 bits per heavy atom. The van der Waals surface area contributed by atoms with Gasteiger partial charge in [0.15, 0.2) is 0 Å². The Kier molecular flexibility index (Phi) is 3.85. The minimum atomic E-state index is -0.809. The molecule has 0 saturated heterocycles.